The van der Waals surface area contributed by atoms with Gasteiger partial charge < -0.3 is 4.74 Å². The molecule has 138 valence electrons. The molecule has 0 aliphatic rings. The van der Waals surface area contributed by atoms with Crippen LogP contribution in [0.5, 0.6) is 5.75 Å². The minimum Gasteiger partial charge on any atom is -0.423 e. The summed E-state index contributed by atoms with van der Waals surface area (Å²) in [6.07, 6.45) is 2.97. The van der Waals surface area contributed by atoms with Crippen molar-refractivity contribution in [1.29, 1.82) is 0 Å². The molecule has 0 heterocycles. The first-order valence-corrected chi connectivity index (χ1v) is 8.77. The molecule has 0 aliphatic carbocycles. The first-order chi connectivity index (χ1) is 12.0. The minimum absolute atomic E-state index is 0.0189. The fourth-order valence-corrected chi connectivity index (χ4v) is 2.55. The van der Waals surface area contributed by atoms with Gasteiger partial charge in [0, 0.05) is 11.6 Å². The molecule has 0 radical (unpaired) electrons. The summed E-state index contributed by atoms with van der Waals surface area (Å²) in [4.78, 5) is 12.2. The van der Waals surface area contributed by atoms with Crippen molar-refractivity contribution in [2.24, 2.45) is 0 Å². The average Bonchev–Trinajstić information content (AvgIpc) is 2.52. The number of hydrogen-bond donors (Lipinski definition) is 0. The van der Waals surface area contributed by atoms with Crippen LogP contribution in [0.4, 0.5) is 4.39 Å². The Morgan fingerprint density at radius 3 is 2.08 bits per heavy atom. The van der Waals surface area contributed by atoms with Crippen LogP contribution >= 0.6 is 0 Å². The fourth-order valence-electron chi connectivity index (χ4n) is 2.55. The van der Waals surface area contributed by atoms with E-state index in [1.165, 1.54) is 23.8 Å². The maximum absolute atomic E-state index is 12.9. The van der Waals surface area contributed by atoms with E-state index in [2.05, 4.69) is 47.6 Å². The number of carbonyl (C=O) groups excluding carboxylic acids is 1. The standard InChI is InChI=1S/C23H27FO2/c1-22(2,3)17-10-13-20(19(15-17)23(4,5)6)26-21(25)14-9-16-7-11-18(24)12-8-16/h7-15H,1-6H3/b14-9-. The van der Waals surface area contributed by atoms with E-state index in [9.17, 15) is 9.18 Å². The molecular weight excluding hydrogens is 327 g/mol. The van der Waals surface area contributed by atoms with Gasteiger partial charge in [-0.25, -0.2) is 9.18 Å². The smallest absolute Gasteiger partial charge is 0.336 e. The lowest BCUT2D eigenvalue weighted by Crippen LogP contribution is -2.18. The molecule has 0 fully saturated rings. The molecule has 2 aromatic rings. The van der Waals surface area contributed by atoms with Crippen molar-refractivity contribution in [2.75, 3.05) is 0 Å². The molecule has 0 spiro atoms. The van der Waals surface area contributed by atoms with Gasteiger partial charge >= 0.3 is 5.97 Å². The van der Waals surface area contributed by atoms with Crippen molar-refractivity contribution in [3.8, 4) is 5.75 Å². The van der Waals surface area contributed by atoms with Crippen molar-refractivity contribution in [2.45, 2.75) is 52.4 Å². The maximum Gasteiger partial charge on any atom is 0.336 e. The van der Waals surface area contributed by atoms with Gasteiger partial charge in [0.05, 0.1) is 0 Å². The quantitative estimate of drug-likeness (QED) is 0.381. The predicted octanol–water partition coefficient (Wildman–Crippen LogP) is 6.04. The molecule has 0 aliphatic heterocycles. The molecule has 2 aromatic carbocycles. The minimum atomic E-state index is -0.455. The fraction of sp³-hybridized carbons (Fsp3) is 0.348. The number of benzene rings is 2. The van der Waals surface area contributed by atoms with Gasteiger partial charge in [-0.05, 0) is 46.2 Å². The number of esters is 1. The maximum atomic E-state index is 12.9. The zero-order valence-electron chi connectivity index (χ0n) is 16.4. The lowest BCUT2D eigenvalue weighted by Gasteiger charge is -2.26. The van der Waals surface area contributed by atoms with E-state index in [1.807, 2.05) is 12.1 Å². The predicted molar refractivity (Wildman–Crippen MR) is 105 cm³/mol. The molecule has 0 aromatic heterocycles. The van der Waals surface area contributed by atoms with Crippen LogP contribution in [-0.2, 0) is 15.6 Å². The van der Waals surface area contributed by atoms with E-state index in [0.29, 0.717) is 5.75 Å². The van der Waals surface area contributed by atoms with Crippen molar-refractivity contribution in [1.82, 2.24) is 0 Å². The molecule has 2 nitrogen and oxygen atoms in total. The Hall–Kier alpha value is -2.42. The average molecular weight is 354 g/mol. The number of hydrogen-bond acceptors (Lipinski definition) is 2. The summed E-state index contributed by atoms with van der Waals surface area (Å²) in [6.45, 7) is 12.8. The SMILES string of the molecule is CC(C)(C)c1ccc(OC(=O)/C=C\c2ccc(F)cc2)c(C(C)(C)C)c1. The summed E-state index contributed by atoms with van der Waals surface area (Å²) in [5.41, 5.74) is 2.79. The second-order valence-corrected chi connectivity index (χ2v) is 8.52. The first kappa shape index (κ1) is 19.9. The molecule has 0 unspecified atom stereocenters. The van der Waals surface area contributed by atoms with Crippen molar-refractivity contribution in [3.63, 3.8) is 0 Å². The van der Waals surface area contributed by atoms with Crippen LogP contribution in [-0.4, -0.2) is 5.97 Å². The summed E-state index contributed by atoms with van der Waals surface area (Å²) < 4.78 is 18.5. The molecule has 0 bridgehead atoms. The van der Waals surface area contributed by atoms with E-state index < -0.39 is 5.97 Å². The molecule has 0 atom stereocenters. The zero-order chi connectivity index (χ0) is 19.5. The van der Waals surface area contributed by atoms with Crippen molar-refractivity contribution in [3.05, 3.63) is 71.0 Å². The molecular formula is C23H27FO2. The second-order valence-electron chi connectivity index (χ2n) is 8.52. The Morgan fingerprint density at radius 2 is 1.54 bits per heavy atom. The molecule has 0 saturated carbocycles. The van der Waals surface area contributed by atoms with E-state index in [-0.39, 0.29) is 16.6 Å². The van der Waals surface area contributed by atoms with E-state index >= 15 is 0 Å². The van der Waals surface area contributed by atoms with E-state index in [4.69, 9.17) is 4.74 Å². The van der Waals surface area contributed by atoms with Gasteiger partial charge in [-0.3, -0.25) is 0 Å². The molecule has 3 heteroatoms. The van der Waals surface area contributed by atoms with Gasteiger partial charge in [-0.1, -0.05) is 65.8 Å². The Balaban J connectivity index is 2.25. The van der Waals surface area contributed by atoms with Crippen LogP contribution in [0.3, 0.4) is 0 Å². The third-order valence-corrected chi connectivity index (χ3v) is 4.15. The number of rotatable bonds is 3. The molecule has 2 rings (SSSR count). The Morgan fingerprint density at radius 1 is 0.923 bits per heavy atom. The summed E-state index contributed by atoms with van der Waals surface area (Å²) in [5, 5.41) is 0. The highest BCUT2D eigenvalue weighted by Gasteiger charge is 2.23. The summed E-state index contributed by atoms with van der Waals surface area (Å²) >= 11 is 0. The van der Waals surface area contributed by atoms with Gasteiger partial charge in [0.1, 0.15) is 11.6 Å². The summed E-state index contributed by atoms with van der Waals surface area (Å²) in [7, 11) is 0. The lowest BCUT2D eigenvalue weighted by atomic mass is 9.80. The molecule has 0 N–H and O–H groups in total. The number of ether oxygens (including phenoxy) is 1. The normalized spacial score (nSPS) is 12.4. The highest BCUT2D eigenvalue weighted by Crippen LogP contribution is 2.35. The van der Waals surface area contributed by atoms with Gasteiger partial charge in [0.15, 0.2) is 0 Å². The van der Waals surface area contributed by atoms with Gasteiger partial charge in [-0.2, -0.15) is 0 Å². The Kier molecular flexibility index (Phi) is 5.70. The first-order valence-electron chi connectivity index (χ1n) is 8.77. The lowest BCUT2D eigenvalue weighted by molar-refractivity contribution is -0.128. The van der Waals surface area contributed by atoms with Crippen LogP contribution in [0.15, 0.2) is 48.5 Å². The number of halogens is 1. The number of carbonyl (C=O) groups is 1. The monoisotopic (exact) mass is 354 g/mol. The highest BCUT2D eigenvalue weighted by atomic mass is 19.1. The summed E-state index contributed by atoms with van der Waals surface area (Å²) in [5.74, 6) is -0.193. The van der Waals surface area contributed by atoms with Crippen LogP contribution in [0.25, 0.3) is 6.08 Å². The Labute approximate surface area is 155 Å². The van der Waals surface area contributed by atoms with Crippen LogP contribution in [0.2, 0.25) is 0 Å². The van der Waals surface area contributed by atoms with Crippen molar-refractivity contribution >= 4 is 12.0 Å². The molecule has 0 saturated heterocycles. The second kappa shape index (κ2) is 7.45. The molecule has 26 heavy (non-hydrogen) atoms. The largest absolute Gasteiger partial charge is 0.423 e. The zero-order valence-corrected chi connectivity index (χ0v) is 16.4. The van der Waals surface area contributed by atoms with Crippen LogP contribution < -0.4 is 4.74 Å². The third kappa shape index (κ3) is 5.29. The van der Waals surface area contributed by atoms with Crippen molar-refractivity contribution < 1.29 is 13.9 Å². The highest BCUT2D eigenvalue weighted by molar-refractivity contribution is 5.88. The van der Waals surface area contributed by atoms with E-state index in [1.54, 1.807) is 18.2 Å². The van der Waals surface area contributed by atoms with Gasteiger partial charge in [0.2, 0.25) is 0 Å². The van der Waals surface area contributed by atoms with Gasteiger partial charge in [0.25, 0.3) is 0 Å². The van der Waals surface area contributed by atoms with Crippen LogP contribution in [0.1, 0.15) is 58.2 Å². The molecule has 0 amide bonds. The summed E-state index contributed by atoms with van der Waals surface area (Å²) in [6, 6.07) is 11.9. The topological polar surface area (TPSA) is 26.3 Å². The Bertz CT molecular complexity index is 804. The van der Waals surface area contributed by atoms with E-state index in [0.717, 1.165) is 11.1 Å². The van der Waals surface area contributed by atoms with Crippen LogP contribution in [0, 0.1) is 5.82 Å². The van der Waals surface area contributed by atoms with Gasteiger partial charge in [-0.15, -0.1) is 0 Å². The third-order valence-electron chi connectivity index (χ3n) is 4.15.